The molecule has 1 aromatic carbocycles. The first-order valence-corrected chi connectivity index (χ1v) is 7.01. The number of hydrogen-bond donors (Lipinski definition) is 1. The molecule has 3 rings (SSSR count). The number of piperidine rings is 1. The Morgan fingerprint density at radius 1 is 1.16 bits per heavy atom. The average Bonchev–Trinajstić information content (AvgIpc) is 2.96. The lowest BCUT2D eigenvalue weighted by molar-refractivity contribution is 0.296. The highest BCUT2D eigenvalue weighted by Gasteiger charge is 2.20. The highest BCUT2D eigenvalue weighted by molar-refractivity contribution is 5.15. The third-order valence-electron chi connectivity index (χ3n) is 3.57. The van der Waals surface area contributed by atoms with Crippen molar-refractivity contribution in [3.8, 4) is 0 Å². The quantitative estimate of drug-likeness (QED) is 0.915. The van der Waals surface area contributed by atoms with E-state index in [2.05, 4.69) is 39.7 Å². The van der Waals surface area contributed by atoms with Gasteiger partial charge in [-0.1, -0.05) is 41.9 Å². The molecule has 0 unspecified atom stereocenters. The molecule has 1 aliphatic heterocycles. The molecule has 0 bridgehead atoms. The van der Waals surface area contributed by atoms with Gasteiger partial charge in [-0.2, -0.15) is 4.98 Å². The number of aryl methyl sites for hydroxylation is 2. The van der Waals surface area contributed by atoms with Gasteiger partial charge in [-0.05, 0) is 31.4 Å². The van der Waals surface area contributed by atoms with E-state index < -0.39 is 0 Å². The topological polar surface area (TPSA) is 51.0 Å². The number of aromatic nitrogens is 2. The van der Waals surface area contributed by atoms with Crippen LogP contribution in [0.15, 0.2) is 34.9 Å². The van der Waals surface area contributed by atoms with Crippen molar-refractivity contribution >= 4 is 0 Å². The minimum absolute atomic E-state index is 0.256. The summed E-state index contributed by atoms with van der Waals surface area (Å²) in [4.78, 5) is 4.51. The van der Waals surface area contributed by atoms with Crippen LogP contribution in [0.5, 0.6) is 0 Å². The van der Waals surface area contributed by atoms with Gasteiger partial charge in [-0.15, -0.1) is 0 Å². The molecule has 1 aromatic heterocycles. The minimum Gasteiger partial charge on any atom is -0.338 e. The summed E-state index contributed by atoms with van der Waals surface area (Å²) in [6, 6.07) is 10.7. The molecule has 1 atom stereocenters. The Morgan fingerprint density at radius 3 is 2.84 bits per heavy atom. The fraction of sp³-hybridized carbons (Fsp3) is 0.467. The summed E-state index contributed by atoms with van der Waals surface area (Å²) in [5.74, 6) is 1.56. The van der Waals surface area contributed by atoms with E-state index in [4.69, 9.17) is 4.52 Å². The Labute approximate surface area is 113 Å². The zero-order valence-electron chi connectivity index (χ0n) is 11.0. The summed E-state index contributed by atoms with van der Waals surface area (Å²) < 4.78 is 5.37. The first-order valence-electron chi connectivity index (χ1n) is 7.01. The molecule has 0 saturated carbocycles. The van der Waals surface area contributed by atoms with Gasteiger partial charge in [-0.25, -0.2) is 0 Å². The molecule has 1 fully saturated rings. The van der Waals surface area contributed by atoms with Crippen molar-refractivity contribution in [2.45, 2.75) is 38.1 Å². The highest BCUT2D eigenvalue weighted by Crippen LogP contribution is 2.21. The van der Waals surface area contributed by atoms with Crippen LogP contribution >= 0.6 is 0 Å². The maximum absolute atomic E-state index is 5.37. The predicted molar refractivity (Wildman–Crippen MR) is 72.7 cm³/mol. The third kappa shape index (κ3) is 3.20. The first kappa shape index (κ1) is 12.4. The predicted octanol–water partition coefficient (Wildman–Crippen LogP) is 2.67. The zero-order valence-corrected chi connectivity index (χ0v) is 11.0. The van der Waals surface area contributed by atoms with Crippen LogP contribution in [0, 0.1) is 0 Å². The molecule has 0 aliphatic carbocycles. The molecule has 1 saturated heterocycles. The molecular formula is C15H19N3O. The van der Waals surface area contributed by atoms with Gasteiger partial charge < -0.3 is 9.84 Å². The van der Waals surface area contributed by atoms with E-state index in [9.17, 15) is 0 Å². The molecule has 0 spiro atoms. The van der Waals surface area contributed by atoms with Crippen LogP contribution in [-0.4, -0.2) is 16.7 Å². The van der Waals surface area contributed by atoms with Crippen LogP contribution in [-0.2, 0) is 12.8 Å². The smallest absolute Gasteiger partial charge is 0.243 e. The molecule has 2 heterocycles. The van der Waals surface area contributed by atoms with Gasteiger partial charge in [0.05, 0.1) is 6.04 Å². The van der Waals surface area contributed by atoms with Crippen molar-refractivity contribution in [3.63, 3.8) is 0 Å². The molecule has 4 heteroatoms. The minimum atomic E-state index is 0.256. The zero-order chi connectivity index (χ0) is 12.9. The fourth-order valence-electron chi connectivity index (χ4n) is 2.47. The Hall–Kier alpha value is -1.68. The highest BCUT2D eigenvalue weighted by atomic mass is 16.5. The largest absolute Gasteiger partial charge is 0.338 e. The van der Waals surface area contributed by atoms with E-state index >= 15 is 0 Å². The van der Waals surface area contributed by atoms with Gasteiger partial charge in [0.1, 0.15) is 0 Å². The number of nitrogens with one attached hydrogen (secondary N) is 1. The van der Waals surface area contributed by atoms with Crippen LogP contribution in [0.2, 0.25) is 0 Å². The molecular weight excluding hydrogens is 238 g/mol. The van der Waals surface area contributed by atoms with E-state index in [0.717, 1.165) is 37.5 Å². The normalized spacial score (nSPS) is 19.5. The Balaban J connectivity index is 1.58. The van der Waals surface area contributed by atoms with Crippen LogP contribution in [0.3, 0.4) is 0 Å². The summed E-state index contributed by atoms with van der Waals surface area (Å²) in [6.07, 6.45) is 5.36. The lowest BCUT2D eigenvalue weighted by Gasteiger charge is -2.19. The van der Waals surface area contributed by atoms with Crippen molar-refractivity contribution < 1.29 is 4.52 Å². The number of nitrogens with zero attached hydrogens (tertiary/aromatic N) is 2. The number of benzene rings is 1. The van der Waals surface area contributed by atoms with Gasteiger partial charge in [0.2, 0.25) is 5.89 Å². The Bertz CT molecular complexity index is 503. The van der Waals surface area contributed by atoms with Gasteiger partial charge in [0.25, 0.3) is 0 Å². The molecule has 2 aromatic rings. The molecule has 19 heavy (non-hydrogen) atoms. The number of hydrogen-bond acceptors (Lipinski definition) is 4. The lowest BCUT2D eigenvalue weighted by atomic mass is 10.1. The van der Waals surface area contributed by atoms with Crippen LogP contribution < -0.4 is 5.32 Å². The van der Waals surface area contributed by atoms with Crippen molar-refractivity contribution in [2.75, 3.05) is 6.54 Å². The summed E-state index contributed by atoms with van der Waals surface area (Å²) >= 11 is 0. The van der Waals surface area contributed by atoms with E-state index in [1.54, 1.807) is 0 Å². The van der Waals surface area contributed by atoms with Gasteiger partial charge >= 0.3 is 0 Å². The Morgan fingerprint density at radius 2 is 2.05 bits per heavy atom. The number of rotatable bonds is 4. The molecule has 1 aliphatic rings. The van der Waals surface area contributed by atoms with E-state index in [0.29, 0.717) is 0 Å². The van der Waals surface area contributed by atoms with Crippen LogP contribution in [0.4, 0.5) is 0 Å². The summed E-state index contributed by atoms with van der Waals surface area (Å²) in [5.41, 5.74) is 1.31. The standard InChI is InChI=1S/C15H19N3O/c1-2-6-12(7-3-1)9-10-14-17-15(19-18-14)13-8-4-5-11-16-13/h1-3,6-7,13,16H,4-5,8-11H2/t13-/m1/s1. The maximum Gasteiger partial charge on any atom is 0.243 e. The average molecular weight is 257 g/mol. The monoisotopic (exact) mass is 257 g/mol. The van der Waals surface area contributed by atoms with Crippen molar-refractivity contribution in [1.29, 1.82) is 0 Å². The van der Waals surface area contributed by atoms with Crippen molar-refractivity contribution in [2.24, 2.45) is 0 Å². The molecule has 4 nitrogen and oxygen atoms in total. The summed E-state index contributed by atoms with van der Waals surface area (Å²) in [6.45, 7) is 1.05. The van der Waals surface area contributed by atoms with E-state index in [-0.39, 0.29) is 6.04 Å². The summed E-state index contributed by atoms with van der Waals surface area (Å²) in [5, 5.41) is 7.51. The maximum atomic E-state index is 5.37. The summed E-state index contributed by atoms with van der Waals surface area (Å²) in [7, 11) is 0. The second-order valence-corrected chi connectivity index (χ2v) is 5.04. The Kier molecular flexibility index (Phi) is 3.89. The SMILES string of the molecule is c1ccc(CCc2noc([C@H]3CCCCN3)n2)cc1. The van der Waals surface area contributed by atoms with E-state index in [1.807, 2.05) is 6.07 Å². The second-order valence-electron chi connectivity index (χ2n) is 5.04. The second kappa shape index (κ2) is 5.97. The van der Waals surface area contributed by atoms with Crippen molar-refractivity contribution in [3.05, 3.63) is 47.6 Å². The molecule has 1 N–H and O–H groups in total. The molecule has 0 radical (unpaired) electrons. The van der Waals surface area contributed by atoms with Gasteiger partial charge in [0, 0.05) is 6.42 Å². The third-order valence-corrected chi connectivity index (χ3v) is 3.57. The van der Waals surface area contributed by atoms with E-state index in [1.165, 1.54) is 18.4 Å². The first-order chi connectivity index (χ1) is 9.42. The van der Waals surface area contributed by atoms with Gasteiger partial charge in [0.15, 0.2) is 5.82 Å². The fourth-order valence-corrected chi connectivity index (χ4v) is 2.47. The lowest BCUT2D eigenvalue weighted by Crippen LogP contribution is -2.27. The molecule has 100 valence electrons. The van der Waals surface area contributed by atoms with Gasteiger partial charge in [-0.3, -0.25) is 0 Å². The van der Waals surface area contributed by atoms with Crippen LogP contribution in [0.1, 0.15) is 42.6 Å². The van der Waals surface area contributed by atoms with Crippen molar-refractivity contribution in [1.82, 2.24) is 15.5 Å². The van der Waals surface area contributed by atoms with Crippen LogP contribution in [0.25, 0.3) is 0 Å². The molecule has 0 amide bonds.